The number of halogens is 1. The van der Waals surface area contributed by atoms with E-state index in [4.69, 9.17) is 10.5 Å². The van der Waals surface area contributed by atoms with Gasteiger partial charge in [-0.25, -0.2) is 14.8 Å². The van der Waals surface area contributed by atoms with E-state index in [0.717, 1.165) is 0 Å². The third-order valence-electron chi connectivity index (χ3n) is 3.08. The number of fused-ring (bicyclic) bond motifs is 3. The molecule has 0 unspecified atom stereocenters. The Balaban J connectivity index is 2.36. The zero-order valence-corrected chi connectivity index (χ0v) is 12.4. The average molecular weight is 352 g/mol. The van der Waals surface area contributed by atoms with Crippen LogP contribution in [0.15, 0.2) is 10.7 Å². The van der Waals surface area contributed by atoms with Crippen molar-refractivity contribution in [2.45, 2.75) is 6.54 Å². The summed E-state index contributed by atoms with van der Waals surface area (Å²) in [6.45, 7) is 0.144. The average Bonchev–Trinajstić information content (AvgIpc) is 2.79. The molecule has 9 heteroatoms. The van der Waals surface area contributed by atoms with Gasteiger partial charge in [-0.15, -0.1) is 0 Å². The highest BCUT2D eigenvalue weighted by molar-refractivity contribution is 9.10. The zero-order valence-electron chi connectivity index (χ0n) is 10.9. The first-order valence-corrected chi connectivity index (χ1v) is 6.72. The fourth-order valence-corrected chi connectivity index (χ4v) is 2.66. The molecule has 0 bridgehead atoms. The lowest BCUT2D eigenvalue weighted by molar-refractivity contribution is 0.0594. The SMILES string of the molecule is COC(=O)c1nc(N)nc2c1-c1cc(Br)[nH]c1C(=O)NC2. The van der Waals surface area contributed by atoms with Gasteiger partial charge < -0.3 is 20.8 Å². The third-order valence-corrected chi connectivity index (χ3v) is 3.50. The van der Waals surface area contributed by atoms with Crippen molar-refractivity contribution in [2.75, 3.05) is 12.8 Å². The number of carbonyl (C=O) groups is 2. The summed E-state index contributed by atoms with van der Waals surface area (Å²) in [5.74, 6) is -0.998. The van der Waals surface area contributed by atoms with Crippen LogP contribution in [0.1, 0.15) is 26.7 Å². The van der Waals surface area contributed by atoms with E-state index in [2.05, 4.69) is 36.2 Å². The van der Waals surface area contributed by atoms with Crippen molar-refractivity contribution < 1.29 is 14.3 Å². The predicted octanol–water partition coefficient (Wildman–Crippen LogP) is 0.846. The quantitative estimate of drug-likeness (QED) is 0.654. The molecule has 0 spiro atoms. The Kier molecular flexibility index (Phi) is 3.13. The van der Waals surface area contributed by atoms with Crippen molar-refractivity contribution in [2.24, 2.45) is 0 Å². The second-order valence-electron chi connectivity index (χ2n) is 4.33. The largest absolute Gasteiger partial charge is 0.464 e. The summed E-state index contributed by atoms with van der Waals surface area (Å²) >= 11 is 3.27. The minimum Gasteiger partial charge on any atom is -0.464 e. The molecule has 0 atom stereocenters. The molecule has 1 amide bonds. The van der Waals surface area contributed by atoms with Crippen LogP contribution in [-0.4, -0.2) is 33.9 Å². The monoisotopic (exact) mass is 351 g/mol. The molecule has 2 aromatic rings. The molecule has 108 valence electrons. The van der Waals surface area contributed by atoms with E-state index in [9.17, 15) is 9.59 Å². The summed E-state index contributed by atoms with van der Waals surface area (Å²) in [4.78, 5) is 35.0. The summed E-state index contributed by atoms with van der Waals surface area (Å²) in [5, 5.41) is 2.69. The van der Waals surface area contributed by atoms with Gasteiger partial charge in [-0.3, -0.25) is 4.79 Å². The number of nitrogens with zero attached hydrogens (tertiary/aromatic N) is 2. The molecule has 0 radical (unpaired) electrons. The lowest BCUT2D eigenvalue weighted by Gasteiger charge is -2.10. The Morgan fingerprint density at radius 3 is 2.95 bits per heavy atom. The van der Waals surface area contributed by atoms with Gasteiger partial charge in [-0.05, 0) is 22.0 Å². The molecular weight excluding hydrogens is 342 g/mol. The number of hydrogen-bond acceptors (Lipinski definition) is 6. The van der Waals surface area contributed by atoms with Gasteiger partial charge in [0.25, 0.3) is 5.91 Å². The molecule has 3 rings (SSSR count). The number of aromatic amines is 1. The topological polar surface area (TPSA) is 123 Å². The van der Waals surface area contributed by atoms with E-state index in [-0.39, 0.29) is 24.1 Å². The molecule has 4 N–H and O–H groups in total. The smallest absolute Gasteiger partial charge is 0.357 e. The van der Waals surface area contributed by atoms with Gasteiger partial charge in [0.1, 0.15) is 5.69 Å². The van der Waals surface area contributed by atoms with Gasteiger partial charge in [0.15, 0.2) is 5.69 Å². The van der Waals surface area contributed by atoms with E-state index in [1.807, 2.05) is 0 Å². The number of hydrogen-bond donors (Lipinski definition) is 3. The van der Waals surface area contributed by atoms with Crippen LogP contribution in [-0.2, 0) is 11.3 Å². The van der Waals surface area contributed by atoms with Crippen LogP contribution in [0.2, 0.25) is 0 Å². The Hall–Kier alpha value is -2.42. The fraction of sp³-hybridized carbons (Fsp3) is 0.167. The van der Waals surface area contributed by atoms with Gasteiger partial charge >= 0.3 is 5.97 Å². The van der Waals surface area contributed by atoms with Crippen LogP contribution in [0.3, 0.4) is 0 Å². The Bertz CT molecular complexity index is 770. The number of carbonyl (C=O) groups excluding carboxylic acids is 2. The maximum atomic E-state index is 12.1. The standard InChI is InChI=1S/C12H10BrN5O3/c1-21-11(20)9-7-4-2-6(13)17-8(4)10(19)15-3-5(7)16-12(14)18-9/h2,17H,3H2,1H3,(H,15,19)(H2,14,16,18). The Labute approximate surface area is 127 Å². The van der Waals surface area contributed by atoms with E-state index < -0.39 is 5.97 Å². The predicted molar refractivity (Wildman–Crippen MR) is 76.4 cm³/mol. The highest BCUT2D eigenvalue weighted by Gasteiger charge is 2.29. The van der Waals surface area contributed by atoms with Gasteiger partial charge in [-0.2, -0.15) is 0 Å². The summed E-state index contributed by atoms with van der Waals surface area (Å²) < 4.78 is 5.33. The first-order chi connectivity index (χ1) is 10.0. The van der Waals surface area contributed by atoms with Crippen molar-refractivity contribution in [3.8, 4) is 11.1 Å². The molecule has 3 heterocycles. The molecule has 1 aliphatic heterocycles. The number of amides is 1. The highest BCUT2D eigenvalue weighted by atomic mass is 79.9. The fourth-order valence-electron chi connectivity index (χ4n) is 2.23. The van der Waals surface area contributed by atoms with Crippen molar-refractivity contribution in [1.82, 2.24) is 20.3 Å². The summed E-state index contributed by atoms with van der Waals surface area (Å²) in [5.41, 5.74) is 7.39. The van der Waals surface area contributed by atoms with E-state index >= 15 is 0 Å². The number of anilines is 1. The molecule has 2 aromatic heterocycles. The number of nitrogens with two attached hydrogens (primary N) is 1. The highest BCUT2D eigenvalue weighted by Crippen LogP contribution is 2.34. The van der Waals surface area contributed by atoms with Gasteiger partial charge in [0, 0.05) is 11.1 Å². The third kappa shape index (κ3) is 2.15. The van der Waals surface area contributed by atoms with E-state index in [0.29, 0.717) is 27.1 Å². The molecule has 0 fully saturated rings. The maximum Gasteiger partial charge on any atom is 0.357 e. The number of aromatic nitrogens is 3. The number of rotatable bonds is 1. The molecule has 21 heavy (non-hydrogen) atoms. The maximum absolute atomic E-state index is 12.1. The summed E-state index contributed by atoms with van der Waals surface area (Å²) in [6, 6.07) is 1.69. The first kappa shape index (κ1) is 13.6. The van der Waals surface area contributed by atoms with E-state index in [1.54, 1.807) is 6.07 Å². The molecule has 0 aliphatic carbocycles. The van der Waals surface area contributed by atoms with Crippen LogP contribution < -0.4 is 11.1 Å². The molecule has 1 aliphatic rings. The van der Waals surface area contributed by atoms with Crippen LogP contribution >= 0.6 is 15.9 Å². The van der Waals surface area contributed by atoms with Crippen LogP contribution in [0, 0.1) is 0 Å². The molecule has 0 saturated heterocycles. The number of esters is 1. The minimum atomic E-state index is -0.641. The number of methoxy groups -OCH3 is 1. The number of H-pyrrole nitrogens is 1. The normalized spacial score (nSPS) is 13.0. The van der Waals surface area contributed by atoms with Gasteiger partial charge in [-0.1, -0.05) is 0 Å². The number of nitrogen functional groups attached to an aromatic ring is 1. The zero-order chi connectivity index (χ0) is 15.1. The van der Waals surface area contributed by atoms with E-state index in [1.165, 1.54) is 7.11 Å². The summed E-state index contributed by atoms with van der Waals surface area (Å²) in [6.07, 6.45) is 0. The second kappa shape index (κ2) is 4.85. The van der Waals surface area contributed by atoms with Gasteiger partial charge in [0.05, 0.1) is 24.0 Å². The van der Waals surface area contributed by atoms with Crippen molar-refractivity contribution >= 4 is 33.8 Å². The van der Waals surface area contributed by atoms with Crippen molar-refractivity contribution in [3.05, 3.63) is 27.8 Å². The van der Waals surface area contributed by atoms with Crippen molar-refractivity contribution in [1.29, 1.82) is 0 Å². The minimum absolute atomic E-state index is 0.0317. The van der Waals surface area contributed by atoms with Gasteiger partial charge in [0.2, 0.25) is 5.95 Å². The van der Waals surface area contributed by atoms with Crippen LogP contribution in [0.4, 0.5) is 5.95 Å². The van der Waals surface area contributed by atoms with Crippen molar-refractivity contribution in [3.63, 3.8) is 0 Å². The first-order valence-electron chi connectivity index (χ1n) is 5.93. The lowest BCUT2D eigenvalue weighted by atomic mass is 10.0. The molecule has 8 nitrogen and oxygen atoms in total. The molecular formula is C12H10BrN5O3. The number of ether oxygens (including phenoxy) is 1. The second-order valence-corrected chi connectivity index (χ2v) is 5.19. The Morgan fingerprint density at radius 2 is 2.24 bits per heavy atom. The molecule has 0 aromatic carbocycles. The summed E-state index contributed by atoms with van der Waals surface area (Å²) in [7, 11) is 1.25. The lowest BCUT2D eigenvalue weighted by Crippen LogP contribution is -2.22. The number of nitrogens with one attached hydrogen (secondary N) is 2. The Morgan fingerprint density at radius 1 is 1.48 bits per heavy atom. The van der Waals surface area contributed by atoms with Crippen LogP contribution in [0.5, 0.6) is 0 Å². The van der Waals surface area contributed by atoms with Crippen LogP contribution in [0.25, 0.3) is 11.1 Å². The molecule has 0 saturated carbocycles.